The number of rotatable bonds is 2. The maximum absolute atomic E-state index is 5.08. The van der Waals surface area contributed by atoms with Gasteiger partial charge < -0.3 is 4.74 Å². The fraction of sp³-hybridized carbons (Fsp3) is 0.571. The molecule has 10 heavy (non-hydrogen) atoms. The average Bonchev–Trinajstić information content (AvgIpc) is 2.30. The third-order valence-electron chi connectivity index (χ3n) is 1.43. The van der Waals surface area contributed by atoms with Gasteiger partial charge in [0.15, 0.2) is 0 Å². The van der Waals surface area contributed by atoms with E-state index < -0.39 is 0 Å². The fourth-order valence-electron chi connectivity index (χ4n) is 0.909. The molecule has 0 aliphatic heterocycles. The Morgan fingerprint density at radius 3 is 2.80 bits per heavy atom. The van der Waals surface area contributed by atoms with Crippen molar-refractivity contribution in [2.75, 3.05) is 7.11 Å². The Bertz CT molecular complexity index is 217. The van der Waals surface area contributed by atoms with Crippen LogP contribution in [0.1, 0.15) is 12.5 Å². The predicted octanol–water partition coefficient (Wildman–Crippen LogP) is 0.791. The van der Waals surface area contributed by atoms with Crippen molar-refractivity contribution in [3.8, 4) is 5.88 Å². The van der Waals surface area contributed by atoms with E-state index in [0.29, 0.717) is 0 Å². The molecule has 0 saturated heterocycles. The van der Waals surface area contributed by atoms with Crippen LogP contribution >= 0.6 is 0 Å². The molecule has 3 nitrogen and oxygen atoms in total. The highest BCUT2D eigenvalue weighted by atomic mass is 16.5. The number of aromatic nitrogens is 2. The molecule has 3 heteroatoms. The van der Waals surface area contributed by atoms with Gasteiger partial charge in [-0.05, 0) is 6.42 Å². The summed E-state index contributed by atoms with van der Waals surface area (Å²) in [7, 11) is 3.48. The second kappa shape index (κ2) is 2.73. The Morgan fingerprint density at radius 1 is 1.70 bits per heavy atom. The number of methoxy groups -OCH3 is 1. The monoisotopic (exact) mass is 139 g/mol. The van der Waals surface area contributed by atoms with Crippen LogP contribution in [0.15, 0.2) is 0 Å². The molecule has 55 valence electrons. The van der Waals surface area contributed by atoms with E-state index in [0.717, 1.165) is 17.9 Å². The van der Waals surface area contributed by atoms with Crippen LogP contribution in [-0.4, -0.2) is 16.9 Å². The van der Waals surface area contributed by atoms with Crippen LogP contribution < -0.4 is 4.74 Å². The molecule has 0 aliphatic rings. The van der Waals surface area contributed by atoms with Gasteiger partial charge in [-0.1, -0.05) is 6.92 Å². The highest BCUT2D eigenvalue weighted by Gasteiger charge is 2.05. The van der Waals surface area contributed by atoms with Gasteiger partial charge in [-0.3, -0.25) is 0 Å². The molecule has 1 heterocycles. The zero-order valence-corrected chi connectivity index (χ0v) is 6.51. The molecule has 1 aromatic rings. The van der Waals surface area contributed by atoms with Gasteiger partial charge in [0.05, 0.1) is 7.11 Å². The van der Waals surface area contributed by atoms with Gasteiger partial charge in [0.1, 0.15) is 6.20 Å². The molecular weight excluding hydrogens is 128 g/mol. The lowest BCUT2D eigenvalue weighted by molar-refractivity contribution is 0.369. The summed E-state index contributed by atoms with van der Waals surface area (Å²) in [6.45, 7) is 2.05. The minimum Gasteiger partial charge on any atom is -0.481 e. The van der Waals surface area contributed by atoms with E-state index >= 15 is 0 Å². The van der Waals surface area contributed by atoms with Gasteiger partial charge in [0.2, 0.25) is 5.88 Å². The van der Waals surface area contributed by atoms with Crippen LogP contribution in [-0.2, 0) is 13.5 Å². The molecule has 0 aliphatic carbocycles. The Morgan fingerprint density at radius 2 is 2.40 bits per heavy atom. The lowest BCUT2D eigenvalue weighted by atomic mass is 10.3. The first-order valence-corrected chi connectivity index (χ1v) is 3.27. The highest BCUT2D eigenvalue weighted by molar-refractivity contribution is 5.22. The molecule has 0 unspecified atom stereocenters. The number of nitrogens with zero attached hydrogens (tertiary/aromatic N) is 2. The van der Waals surface area contributed by atoms with E-state index in [1.165, 1.54) is 0 Å². The van der Waals surface area contributed by atoms with Crippen LogP contribution in [0.2, 0.25) is 0 Å². The van der Waals surface area contributed by atoms with Crippen molar-refractivity contribution in [1.82, 2.24) is 9.78 Å². The molecule has 1 radical (unpaired) electrons. The smallest absolute Gasteiger partial charge is 0.215 e. The zero-order valence-electron chi connectivity index (χ0n) is 6.51. The second-order valence-electron chi connectivity index (χ2n) is 2.08. The highest BCUT2D eigenvalue weighted by Crippen LogP contribution is 2.15. The number of hydrogen-bond acceptors (Lipinski definition) is 2. The van der Waals surface area contributed by atoms with Crippen molar-refractivity contribution in [2.24, 2.45) is 7.05 Å². The Labute approximate surface area is 60.6 Å². The van der Waals surface area contributed by atoms with E-state index in [1.54, 1.807) is 11.8 Å². The maximum atomic E-state index is 5.08. The molecule has 0 bridgehead atoms. The molecule has 0 aromatic carbocycles. The molecule has 0 amide bonds. The molecule has 1 rings (SSSR count). The molecule has 1 aromatic heterocycles. The third kappa shape index (κ3) is 0.988. The van der Waals surface area contributed by atoms with Crippen LogP contribution in [0.25, 0.3) is 0 Å². The summed E-state index contributed by atoms with van der Waals surface area (Å²) in [6.07, 6.45) is 3.78. The van der Waals surface area contributed by atoms with Gasteiger partial charge in [0.25, 0.3) is 0 Å². The Hall–Kier alpha value is -0.990. The number of aryl methyl sites for hydroxylation is 2. The predicted molar refractivity (Wildman–Crippen MR) is 38.0 cm³/mol. The van der Waals surface area contributed by atoms with Crippen LogP contribution in [0.4, 0.5) is 0 Å². The van der Waals surface area contributed by atoms with Crippen LogP contribution in [0, 0.1) is 6.20 Å². The first kappa shape index (κ1) is 7.12. The van der Waals surface area contributed by atoms with Gasteiger partial charge in [-0.25, -0.2) is 4.68 Å². The van der Waals surface area contributed by atoms with Crippen molar-refractivity contribution in [2.45, 2.75) is 13.3 Å². The summed E-state index contributed by atoms with van der Waals surface area (Å²) in [6, 6.07) is 0. The van der Waals surface area contributed by atoms with Crippen molar-refractivity contribution >= 4 is 0 Å². The van der Waals surface area contributed by atoms with Crippen LogP contribution in [0.3, 0.4) is 0 Å². The SMILES string of the molecule is CCc1[c]nn(C)c1OC. The van der Waals surface area contributed by atoms with E-state index in [-0.39, 0.29) is 0 Å². The molecule has 0 saturated carbocycles. The van der Waals surface area contributed by atoms with Crippen molar-refractivity contribution in [3.05, 3.63) is 11.8 Å². The average molecular weight is 139 g/mol. The van der Waals surface area contributed by atoms with E-state index in [9.17, 15) is 0 Å². The lowest BCUT2D eigenvalue weighted by Gasteiger charge is -2.00. The Balaban J connectivity index is 3.01. The summed E-state index contributed by atoms with van der Waals surface area (Å²) in [4.78, 5) is 0. The third-order valence-corrected chi connectivity index (χ3v) is 1.43. The summed E-state index contributed by atoms with van der Waals surface area (Å²) in [5, 5.41) is 3.92. The van der Waals surface area contributed by atoms with Gasteiger partial charge in [0, 0.05) is 12.6 Å². The van der Waals surface area contributed by atoms with Gasteiger partial charge in [-0.2, -0.15) is 5.10 Å². The molecule has 0 N–H and O–H groups in total. The van der Waals surface area contributed by atoms with Crippen LogP contribution in [0.5, 0.6) is 5.88 Å². The number of ether oxygens (including phenoxy) is 1. The topological polar surface area (TPSA) is 27.1 Å². The lowest BCUT2D eigenvalue weighted by Crippen LogP contribution is -1.96. The molecular formula is C7H11N2O. The molecule has 0 atom stereocenters. The first-order valence-electron chi connectivity index (χ1n) is 3.27. The summed E-state index contributed by atoms with van der Waals surface area (Å²) in [5.74, 6) is 0.808. The van der Waals surface area contributed by atoms with Crippen molar-refractivity contribution in [1.29, 1.82) is 0 Å². The zero-order chi connectivity index (χ0) is 7.56. The van der Waals surface area contributed by atoms with Crippen molar-refractivity contribution < 1.29 is 4.74 Å². The normalized spacial score (nSPS) is 9.90. The van der Waals surface area contributed by atoms with E-state index in [4.69, 9.17) is 4.74 Å². The van der Waals surface area contributed by atoms with E-state index in [1.807, 2.05) is 7.05 Å². The minimum atomic E-state index is 0.808. The van der Waals surface area contributed by atoms with Crippen molar-refractivity contribution in [3.63, 3.8) is 0 Å². The number of hydrogen-bond donors (Lipinski definition) is 0. The molecule has 0 fully saturated rings. The maximum Gasteiger partial charge on any atom is 0.215 e. The largest absolute Gasteiger partial charge is 0.481 e. The summed E-state index contributed by atoms with van der Waals surface area (Å²) in [5.41, 5.74) is 1.03. The molecule has 0 spiro atoms. The minimum absolute atomic E-state index is 0.808. The van der Waals surface area contributed by atoms with Gasteiger partial charge >= 0.3 is 0 Å². The summed E-state index contributed by atoms with van der Waals surface area (Å²) < 4.78 is 6.76. The quantitative estimate of drug-likeness (QED) is 0.605. The van der Waals surface area contributed by atoms with E-state index in [2.05, 4.69) is 18.2 Å². The standard InChI is InChI=1S/C7H11N2O/c1-4-6-5-8-9(2)7(6)10-3/h4H2,1-3H3. The van der Waals surface area contributed by atoms with Gasteiger partial charge in [-0.15, -0.1) is 0 Å². The second-order valence-corrected chi connectivity index (χ2v) is 2.08. The fourth-order valence-corrected chi connectivity index (χ4v) is 0.909. The first-order chi connectivity index (χ1) is 4.79. The summed E-state index contributed by atoms with van der Waals surface area (Å²) >= 11 is 0. The Kier molecular flexibility index (Phi) is 1.94.